The molecule has 1 N–H and O–H groups in total. The second-order valence-corrected chi connectivity index (χ2v) is 7.16. The van der Waals surface area contributed by atoms with Gasteiger partial charge in [0.25, 0.3) is 0 Å². The van der Waals surface area contributed by atoms with E-state index < -0.39 is 0 Å². The van der Waals surface area contributed by atoms with Gasteiger partial charge in [0.05, 0.1) is 5.60 Å². The average Bonchev–Trinajstić information content (AvgIpc) is 2.72. The third kappa shape index (κ3) is 7.11. The van der Waals surface area contributed by atoms with E-state index in [1.807, 2.05) is 6.92 Å². The fourth-order valence-electron chi connectivity index (χ4n) is 1.79. The van der Waals surface area contributed by atoms with Gasteiger partial charge in [-0.2, -0.15) is 0 Å². The summed E-state index contributed by atoms with van der Waals surface area (Å²) in [5.41, 5.74) is 1.16. The third-order valence-electron chi connectivity index (χ3n) is 3.53. The van der Waals surface area contributed by atoms with Crippen LogP contribution in [-0.2, 0) is 22.6 Å². The fourth-order valence-corrected chi connectivity index (χ4v) is 1.79. The Kier molecular flexibility index (Phi) is 6.44. The number of ether oxygens (including phenoxy) is 2. The highest BCUT2D eigenvalue weighted by atomic mass is 16.5. The van der Waals surface area contributed by atoms with Gasteiger partial charge in [-0.15, -0.1) is 0 Å². The Morgan fingerprint density at radius 2 is 1.86 bits per heavy atom. The molecule has 0 bridgehead atoms. The van der Waals surface area contributed by atoms with Crippen molar-refractivity contribution in [2.75, 3.05) is 13.7 Å². The van der Waals surface area contributed by atoms with Crippen LogP contribution in [0.5, 0.6) is 0 Å². The minimum absolute atomic E-state index is 0.103. The molecule has 1 heterocycles. The van der Waals surface area contributed by atoms with E-state index in [9.17, 15) is 0 Å². The fraction of sp³-hybridized carbons (Fsp3) is 0.765. The van der Waals surface area contributed by atoms with Crippen LogP contribution in [0, 0.1) is 6.92 Å². The molecule has 4 nitrogen and oxygen atoms in total. The second-order valence-electron chi connectivity index (χ2n) is 7.16. The molecule has 1 aromatic rings. The zero-order valence-corrected chi connectivity index (χ0v) is 14.6. The van der Waals surface area contributed by atoms with Crippen LogP contribution in [0.25, 0.3) is 0 Å². The molecule has 0 aromatic carbocycles. The van der Waals surface area contributed by atoms with Gasteiger partial charge in [-0.05, 0) is 54.0 Å². The summed E-state index contributed by atoms with van der Waals surface area (Å²) in [5.74, 6) is 1.84. The first kappa shape index (κ1) is 18.2. The van der Waals surface area contributed by atoms with Gasteiger partial charge in [-0.1, -0.05) is 0 Å². The zero-order chi connectivity index (χ0) is 16.1. The minimum atomic E-state index is -0.138. The number of rotatable bonds is 8. The van der Waals surface area contributed by atoms with Crippen LogP contribution in [0.3, 0.4) is 0 Å². The lowest BCUT2D eigenvalue weighted by Crippen LogP contribution is -2.35. The molecule has 0 fully saturated rings. The lowest BCUT2D eigenvalue weighted by atomic mass is 10.1. The van der Waals surface area contributed by atoms with E-state index >= 15 is 0 Å². The maximum atomic E-state index is 5.74. The zero-order valence-electron chi connectivity index (χ0n) is 14.6. The Bertz CT molecular complexity index is 430. The molecule has 4 heteroatoms. The summed E-state index contributed by atoms with van der Waals surface area (Å²) < 4.78 is 16.8. The first-order valence-electron chi connectivity index (χ1n) is 7.59. The molecule has 0 saturated heterocycles. The smallest absolute Gasteiger partial charge is 0.130 e. The largest absolute Gasteiger partial charge is 0.464 e. The van der Waals surface area contributed by atoms with E-state index in [2.05, 4.69) is 46.0 Å². The van der Waals surface area contributed by atoms with Crippen molar-refractivity contribution in [1.29, 1.82) is 0 Å². The van der Waals surface area contributed by atoms with E-state index in [0.717, 1.165) is 24.5 Å². The number of aryl methyl sites for hydroxylation is 1. The SMILES string of the molecule is COC(C)(C)CCOCc1cc(CNC(C)(C)C)c(C)o1. The number of hydrogen-bond acceptors (Lipinski definition) is 4. The lowest BCUT2D eigenvalue weighted by molar-refractivity contribution is -0.0143. The van der Waals surface area contributed by atoms with Crippen molar-refractivity contribution in [2.24, 2.45) is 0 Å². The molecule has 0 atom stereocenters. The molecule has 0 amide bonds. The van der Waals surface area contributed by atoms with Crippen LogP contribution in [0.15, 0.2) is 10.5 Å². The van der Waals surface area contributed by atoms with E-state index in [-0.39, 0.29) is 11.1 Å². The molecule has 0 spiro atoms. The highest BCUT2D eigenvalue weighted by Gasteiger charge is 2.16. The summed E-state index contributed by atoms with van der Waals surface area (Å²) in [6.45, 7) is 14.6. The minimum Gasteiger partial charge on any atom is -0.464 e. The summed E-state index contributed by atoms with van der Waals surface area (Å²) in [6.07, 6.45) is 0.863. The topological polar surface area (TPSA) is 43.6 Å². The van der Waals surface area contributed by atoms with Gasteiger partial charge >= 0.3 is 0 Å². The number of methoxy groups -OCH3 is 1. The predicted octanol–water partition coefficient (Wildman–Crippen LogP) is 3.81. The van der Waals surface area contributed by atoms with Gasteiger partial charge in [0.1, 0.15) is 18.1 Å². The second kappa shape index (κ2) is 7.43. The van der Waals surface area contributed by atoms with Crippen molar-refractivity contribution in [2.45, 2.75) is 72.3 Å². The van der Waals surface area contributed by atoms with Crippen LogP contribution < -0.4 is 5.32 Å². The average molecular weight is 297 g/mol. The Balaban J connectivity index is 2.40. The van der Waals surface area contributed by atoms with Crippen LogP contribution >= 0.6 is 0 Å². The summed E-state index contributed by atoms with van der Waals surface area (Å²) in [6, 6.07) is 2.08. The molecule has 21 heavy (non-hydrogen) atoms. The van der Waals surface area contributed by atoms with Gasteiger partial charge in [0.2, 0.25) is 0 Å². The maximum Gasteiger partial charge on any atom is 0.130 e. The predicted molar refractivity (Wildman–Crippen MR) is 85.4 cm³/mol. The van der Waals surface area contributed by atoms with Crippen LogP contribution in [0.4, 0.5) is 0 Å². The lowest BCUT2D eigenvalue weighted by Gasteiger charge is -2.22. The standard InChI is InChI=1S/C17H31NO3/c1-13-14(11-18-16(2,3)4)10-15(21-13)12-20-9-8-17(5,6)19-7/h10,18H,8-9,11-12H2,1-7H3. The summed E-state index contributed by atoms with van der Waals surface area (Å²) >= 11 is 0. The molecular weight excluding hydrogens is 266 g/mol. The first-order chi connectivity index (χ1) is 9.63. The van der Waals surface area contributed by atoms with Crippen molar-refractivity contribution in [3.05, 3.63) is 23.2 Å². The molecular formula is C17H31NO3. The van der Waals surface area contributed by atoms with Gasteiger partial charge in [-0.3, -0.25) is 0 Å². The number of furan rings is 1. The van der Waals surface area contributed by atoms with Gasteiger partial charge in [0, 0.05) is 31.4 Å². The van der Waals surface area contributed by atoms with E-state index in [0.29, 0.717) is 13.2 Å². The highest BCUT2D eigenvalue weighted by Crippen LogP contribution is 2.17. The summed E-state index contributed by atoms with van der Waals surface area (Å²) in [7, 11) is 1.73. The van der Waals surface area contributed by atoms with E-state index in [1.54, 1.807) is 7.11 Å². The third-order valence-corrected chi connectivity index (χ3v) is 3.53. The molecule has 0 aliphatic carbocycles. The molecule has 0 radical (unpaired) electrons. The van der Waals surface area contributed by atoms with Gasteiger partial charge < -0.3 is 19.2 Å². The summed E-state index contributed by atoms with van der Waals surface area (Å²) in [4.78, 5) is 0. The van der Waals surface area contributed by atoms with Gasteiger partial charge in [0.15, 0.2) is 0 Å². The van der Waals surface area contributed by atoms with Crippen LogP contribution in [0.1, 0.15) is 58.1 Å². The van der Waals surface area contributed by atoms with Crippen LogP contribution in [-0.4, -0.2) is 24.9 Å². The molecule has 1 aromatic heterocycles. The maximum absolute atomic E-state index is 5.74. The normalized spacial score (nSPS) is 12.9. The number of hydrogen-bond donors (Lipinski definition) is 1. The highest BCUT2D eigenvalue weighted by molar-refractivity contribution is 5.20. The molecule has 0 saturated carbocycles. The van der Waals surface area contributed by atoms with Crippen LogP contribution in [0.2, 0.25) is 0 Å². The Morgan fingerprint density at radius 3 is 2.43 bits per heavy atom. The molecule has 0 unspecified atom stereocenters. The number of nitrogens with one attached hydrogen (secondary N) is 1. The molecule has 0 aliphatic heterocycles. The first-order valence-corrected chi connectivity index (χ1v) is 7.59. The Labute approximate surface area is 129 Å². The molecule has 122 valence electrons. The van der Waals surface area contributed by atoms with E-state index in [1.165, 1.54) is 5.56 Å². The summed E-state index contributed by atoms with van der Waals surface area (Å²) in [5, 5.41) is 3.47. The molecule has 1 rings (SSSR count). The quantitative estimate of drug-likeness (QED) is 0.741. The van der Waals surface area contributed by atoms with Crippen molar-refractivity contribution >= 4 is 0 Å². The van der Waals surface area contributed by atoms with Gasteiger partial charge in [-0.25, -0.2) is 0 Å². The Hall–Kier alpha value is -0.840. The van der Waals surface area contributed by atoms with E-state index in [4.69, 9.17) is 13.9 Å². The molecule has 0 aliphatic rings. The monoisotopic (exact) mass is 297 g/mol. The Morgan fingerprint density at radius 1 is 1.19 bits per heavy atom. The van der Waals surface area contributed by atoms with Crippen molar-refractivity contribution in [3.8, 4) is 0 Å². The van der Waals surface area contributed by atoms with Crippen molar-refractivity contribution < 1.29 is 13.9 Å². The van der Waals surface area contributed by atoms with Crippen molar-refractivity contribution in [1.82, 2.24) is 5.32 Å². The van der Waals surface area contributed by atoms with Crippen molar-refractivity contribution in [3.63, 3.8) is 0 Å².